The number of benzene rings is 1. The van der Waals surface area contributed by atoms with E-state index in [-0.39, 0.29) is 0 Å². The van der Waals surface area contributed by atoms with Gasteiger partial charge < -0.3 is 9.64 Å². The molecular formula is C19H32N2O3S. The Balaban J connectivity index is 2.00. The first kappa shape index (κ1) is 20.2. The Hall–Kier alpha value is -1.11. The minimum Gasteiger partial charge on any atom is -0.493 e. The Labute approximate surface area is 152 Å². The van der Waals surface area contributed by atoms with Crippen LogP contribution in [-0.4, -0.2) is 45.6 Å². The minimum absolute atomic E-state index is 0.325. The molecule has 0 spiro atoms. The molecule has 2 rings (SSSR count). The highest BCUT2D eigenvalue weighted by molar-refractivity contribution is 7.89. The van der Waals surface area contributed by atoms with Crippen LogP contribution < -0.4 is 9.46 Å². The number of sulfonamides is 1. The monoisotopic (exact) mass is 368 g/mol. The number of piperidine rings is 1. The second-order valence-corrected chi connectivity index (χ2v) is 9.01. The van der Waals surface area contributed by atoms with Gasteiger partial charge in [0.1, 0.15) is 5.75 Å². The van der Waals surface area contributed by atoms with Crippen molar-refractivity contribution in [1.29, 1.82) is 0 Å². The maximum atomic E-state index is 12.7. The van der Waals surface area contributed by atoms with Crippen LogP contribution in [0.4, 0.5) is 0 Å². The second-order valence-electron chi connectivity index (χ2n) is 7.24. The van der Waals surface area contributed by atoms with Gasteiger partial charge in [-0.15, -0.1) is 0 Å². The van der Waals surface area contributed by atoms with Gasteiger partial charge in [-0.1, -0.05) is 0 Å². The van der Waals surface area contributed by atoms with Gasteiger partial charge in [0.15, 0.2) is 0 Å². The lowest BCUT2D eigenvalue weighted by atomic mass is 9.96. The SMILES string of the molecule is CCOc1c(C)cc(S(=O)(=O)NCC2CCN(C(C)C)CC2)cc1C. The van der Waals surface area contributed by atoms with Crippen molar-refractivity contribution in [1.82, 2.24) is 9.62 Å². The van der Waals surface area contributed by atoms with E-state index in [0.29, 0.717) is 30.0 Å². The fraction of sp³-hybridized carbons (Fsp3) is 0.684. The Bertz CT molecular complexity index is 655. The zero-order chi connectivity index (χ0) is 18.6. The molecule has 1 aliphatic heterocycles. The topological polar surface area (TPSA) is 58.6 Å². The smallest absolute Gasteiger partial charge is 0.240 e. The van der Waals surface area contributed by atoms with Crippen LogP contribution in [0.3, 0.4) is 0 Å². The molecule has 0 radical (unpaired) electrons. The van der Waals surface area contributed by atoms with Crippen LogP contribution >= 0.6 is 0 Å². The highest BCUT2D eigenvalue weighted by Gasteiger charge is 2.23. The third-order valence-electron chi connectivity index (χ3n) is 4.97. The van der Waals surface area contributed by atoms with Gasteiger partial charge in [0, 0.05) is 12.6 Å². The van der Waals surface area contributed by atoms with Crippen LogP contribution in [0.1, 0.15) is 44.7 Å². The zero-order valence-corrected chi connectivity index (χ0v) is 16.9. The van der Waals surface area contributed by atoms with Crippen LogP contribution in [0, 0.1) is 19.8 Å². The quantitative estimate of drug-likeness (QED) is 0.803. The highest BCUT2D eigenvalue weighted by atomic mass is 32.2. The van der Waals surface area contributed by atoms with Crippen molar-refractivity contribution in [3.05, 3.63) is 23.3 Å². The molecule has 1 aromatic carbocycles. The summed E-state index contributed by atoms with van der Waals surface area (Å²) in [6.07, 6.45) is 2.09. The first-order chi connectivity index (χ1) is 11.7. The standard InChI is InChI=1S/C19H32N2O3S/c1-6-24-19-15(4)11-18(12-16(19)5)25(22,23)20-13-17-7-9-21(10-8-17)14(2)3/h11-12,14,17,20H,6-10,13H2,1-5H3. The summed E-state index contributed by atoms with van der Waals surface area (Å²) in [5.41, 5.74) is 1.71. The van der Waals surface area contributed by atoms with Crippen molar-refractivity contribution < 1.29 is 13.2 Å². The predicted molar refractivity (Wildman–Crippen MR) is 102 cm³/mol. The number of hydrogen-bond acceptors (Lipinski definition) is 4. The first-order valence-corrected chi connectivity index (χ1v) is 10.7. The van der Waals surface area contributed by atoms with Crippen molar-refractivity contribution in [2.24, 2.45) is 5.92 Å². The number of aryl methyl sites for hydroxylation is 2. The van der Waals surface area contributed by atoms with Crippen molar-refractivity contribution in [2.75, 3.05) is 26.2 Å². The molecule has 1 fully saturated rings. The van der Waals surface area contributed by atoms with Gasteiger partial charge in [-0.05, 0) is 89.7 Å². The third kappa shape index (κ3) is 5.19. The van der Waals surface area contributed by atoms with Gasteiger partial charge in [-0.3, -0.25) is 0 Å². The molecule has 25 heavy (non-hydrogen) atoms. The Morgan fingerprint density at radius 2 is 1.76 bits per heavy atom. The summed E-state index contributed by atoms with van der Waals surface area (Å²) in [5.74, 6) is 1.19. The summed E-state index contributed by atoms with van der Waals surface area (Å²) >= 11 is 0. The van der Waals surface area contributed by atoms with Crippen molar-refractivity contribution in [3.8, 4) is 5.75 Å². The summed E-state index contributed by atoms with van der Waals surface area (Å²) in [5, 5.41) is 0. The van der Waals surface area contributed by atoms with E-state index in [0.717, 1.165) is 42.8 Å². The maximum absolute atomic E-state index is 12.7. The van der Waals surface area contributed by atoms with Crippen LogP contribution in [0.15, 0.2) is 17.0 Å². The summed E-state index contributed by atoms with van der Waals surface area (Å²) in [6, 6.07) is 3.95. The third-order valence-corrected chi connectivity index (χ3v) is 6.38. The van der Waals surface area contributed by atoms with Gasteiger partial charge in [0.2, 0.25) is 10.0 Å². The molecule has 0 saturated carbocycles. The highest BCUT2D eigenvalue weighted by Crippen LogP contribution is 2.27. The van der Waals surface area contributed by atoms with E-state index in [1.54, 1.807) is 12.1 Å². The maximum Gasteiger partial charge on any atom is 0.240 e. The van der Waals surface area contributed by atoms with Crippen molar-refractivity contribution in [2.45, 2.75) is 58.4 Å². The number of ether oxygens (including phenoxy) is 1. The summed E-state index contributed by atoms with van der Waals surface area (Å²) in [7, 11) is -3.49. The molecule has 142 valence electrons. The average molecular weight is 369 g/mol. The minimum atomic E-state index is -3.49. The molecule has 0 aromatic heterocycles. The summed E-state index contributed by atoms with van der Waals surface area (Å²) in [4.78, 5) is 2.77. The van der Waals surface area contributed by atoms with E-state index in [4.69, 9.17) is 4.74 Å². The number of rotatable bonds is 7. The molecule has 1 N–H and O–H groups in total. The Kier molecular flexibility index (Phi) is 6.88. The van der Waals surface area contributed by atoms with Crippen LogP contribution in [0.5, 0.6) is 5.75 Å². The van der Waals surface area contributed by atoms with Gasteiger partial charge in [0.05, 0.1) is 11.5 Å². The van der Waals surface area contributed by atoms with E-state index < -0.39 is 10.0 Å². The van der Waals surface area contributed by atoms with Crippen LogP contribution in [0.2, 0.25) is 0 Å². The number of nitrogens with zero attached hydrogens (tertiary/aromatic N) is 1. The molecule has 6 heteroatoms. The van der Waals surface area contributed by atoms with E-state index in [1.165, 1.54) is 0 Å². The Morgan fingerprint density at radius 3 is 2.24 bits per heavy atom. The lowest BCUT2D eigenvalue weighted by Crippen LogP contribution is -2.41. The van der Waals surface area contributed by atoms with E-state index in [1.807, 2.05) is 20.8 Å². The lowest BCUT2D eigenvalue weighted by molar-refractivity contribution is 0.151. The van der Waals surface area contributed by atoms with Gasteiger partial charge in [-0.25, -0.2) is 13.1 Å². The molecule has 5 nitrogen and oxygen atoms in total. The summed E-state index contributed by atoms with van der Waals surface area (Å²) in [6.45, 7) is 13.3. The number of nitrogens with one attached hydrogen (secondary N) is 1. The molecule has 0 unspecified atom stereocenters. The van der Waals surface area contributed by atoms with E-state index in [9.17, 15) is 8.42 Å². The molecule has 0 aliphatic carbocycles. The largest absolute Gasteiger partial charge is 0.493 e. The van der Waals surface area contributed by atoms with Gasteiger partial charge in [-0.2, -0.15) is 0 Å². The molecule has 0 bridgehead atoms. The predicted octanol–water partition coefficient (Wildman–Crippen LogP) is 3.10. The molecule has 0 amide bonds. The molecule has 1 aliphatic rings. The number of hydrogen-bond donors (Lipinski definition) is 1. The van der Waals surface area contributed by atoms with E-state index in [2.05, 4.69) is 23.5 Å². The Morgan fingerprint density at radius 1 is 1.20 bits per heavy atom. The van der Waals surface area contributed by atoms with E-state index >= 15 is 0 Å². The zero-order valence-electron chi connectivity index (χ0n) is 16.1. The van der Waals surface area contributed by atoms with Gasteiger partial charge >= 0.3 is 0 Å². The molecule has 1 aromatic rings. The molecule has 1 saturated heterocycles. The fourth-order valence-electron chi connectivity index (χ4n) is 3.42. The van der Waals surface area contributed by atoms with Crippen LogP contribution in [0.25, 0.3) is 0 Å². The molecular weight excluding hydrogens is 336 g/mol. The van der Waals surface area contributed by atoms with Crippen LogP contribution in [-0.2, 0) is 10.0 Å². The van der Waals surface area contributed by atoms with Gasteiger partial charge in [0.25, 0.3) is 0 Å². The second kappa shape index (κ2) is 8.52. The molecule has 1 heterocycles. The normalized spacial score (nSPS) is 17.2. The first-order valence-electron chi connectivity index (χ1n) is 9.22. The van der Waals surface area contributed by atoms with Crippen molar-refractivity contribution >= 4 is 10.0 Å². The average Bonchev–Trinajstić information content (AvgIpc) is 2.56. The lowest BCUT2D eigenvalue weighted by Gasteiger charge is -2.34. The molecule has 0 atom stereocenters. The fourth-order valence-corrected chi connectivity index (χ4v) is 4.71. The van der Waals surface area contributed by atoms with Crippen molar-refractivity contribution in [3.63, 3.8) is 0 Å². The summed E-state index contributed by atoms with van der Waals surface area (Å²) < 4.78 is 33.7. The number of likely N-dealkylation sites (tertiary alicyclic amines) is 1.